The molecule has 1 unspecified atom stereocenters. The van der Waals surface area contributed by atoms with Crippen LogP contribution in [0.3, 0.4) is 0 Å². The number of para-hydroxylation sites is 1. The Morgan fingerprint density at radius 3 is 2.79 bits per heavy atom. The van der Waals surface area contributed by atoms with Crippen LogP contribution >= 0.6 is 0 Å². The zero-order chi connectivity index (χ0) is 16.6. The molecule has 4 heteroatoms. The summed E-state index contributed by atoms with van der Waals surface area (Å²) in [5, 5.41) is 3.08. The fourth-order valence-corrected chi connectivity index (χ4v) is 3.08. The second-order valence-electron chi connectivity index (χ2n) is 6.06. The van der Waals surface area contributed by atoms with Crippen LogP contribution in [0.15, 0.2) is 59.6 Å². The zero-order valence-electron chi connectivity index (χ0n) is 13.9. The summed E-state index contributed by atoms with van der Waals surface area (Å²) in [5.74, 6) is 0.448. The quantitative estimate of drug-likeness (QED) is 0.481. The molecule has 0 aliphatic heterocycles. The van der Waals surface area contributed by atoms with E-state index in [1.54, 1.807) is 0 Å². The number of nitrogens with one attached hydrogen (secondary N) is 1. The number of hydrogen-bond acceptors (Lipinski definition) is 2. The minimum atomic E-state index is 0.235. The SMILES string of the molecule is NC(=NCCCOC1CCCc2ccccc21)Nc1ccccc1. The van der Waals surface area contributed by atoms with E-state index in [9.17, 15) is 0 Å². The van der Waals surface area contributed by atoms with Gasteiger partial charge in [-0.25, -0.2) is 0 Å². The fraction of sp³-hybridized carbons (Fsp3) is 0.350. The largest absolute Gasteiger partial charge is 0.373 e. The first-order valence-electron chi connectivity index (χ1n) is 8.64. The molecule has 3 rings (SSSR count). The first-order valence-corrected chi connectivity index (χ1v) is 8.64. The Morgan fingerprint density at radius 1 is 1.12 bits per heavy atom. The monoisotopic (exact) mass is 323 g/mol. The molecule has 2 aromatic rings. The molecule has 4 nitrogen and oxygen atoms in total. The van der Waals surface area contributed by atoms with E-state index in [2.05, 4.69) is 34.6 Å². The number of ether oxygens (including phenoxy) is 1. The van der Waals surface area contributed by atoms with Gasteiger partial charge in [-0.1, -0.05) is 42.5 Å². The van der Waals surface area contributed by atoms with Gasteiger partial charge in [0.25, 0.3) is 0 Å². The zero-order valence-corrected chi connectivity index (χ0v) is 13.9. The van der Waals surface area contributed by atoms with Crippen LogP contribution in [-0.2, 0) is 11.2 Å². The van der Waals surface area contributed by atoms with E-state index in [4.69, 9.17) is 10.5 Å². The van der Waals surface area contributed by atoms with Gasteiger partial charge in [0.1, 0.15) is 0 Å². The topological polar surface area (TPSA) is 59.6 Å². The van der Waals surface area contributed by atoms with Crippen LogP contribution in [-0.4, -0.2) is 19.1 Å². The molecule has 1 aliphatic rings. The van der Waals surface area contributed by atoms with Crippen LogP contribution in [0.1, 0.15) is 36.5 Å². The molecule has 1 atom stereocenters. The predicted octanol–water partition coefficient (Wildman–Crippen LogP) is 3.90. The number of nitrogens with zero attached hydrogens (tertiary/aromatic N) is 1. The molecular formula is C20H25N3O. The molecule has 0 heterocycles. The average Bonchev–Trinajstić information content (AvgIpc) is 2.62. The first kappa shape index (κ1) is 16.5. The Balaban J connectivity index is 1.41. The van der Waals surface area contributed by atoms with E-state index in [0.717, 1.165) is 18.5 Å². The van der Waals surface area contributed by atoms with Crippen molar-refractivity contribution in [2.45, 2.75) is 31.8 Å². The summed E-state index contributed by atoms with van der Waals surface area (Å²) in [6, 6.07) is 18.4. The van der Waals surface area contributed by atoms with Crippen molar-refractivity contribution in [2.75, 3.05) is 18.5 Å². The average molecular weight is 323 g/mol. The van der Waals surface area contributed by atoms with E-state index in [0.29, 0.717) is 19.1 Å². The van der Waals surface area contributed by atoms with Gasteiger partial charge in [-0.3, -0.25) is 4.99 Å². The van der Waals surface area contributed by atoms with E-state index in [1.165, 1.54) is 24.0 Å². The maximum Gasteiger partial charge on any atom is 0.193 e. The van der Waals surface area contributed by atoms with Crippen molar-refractivity contribution in [1.29, 1.82) is 0 Å². The molecule has 2 aromatic carbocycles. The van der Waals surface area contributed by atoms with E-state index in [1.807, 2.05) is 30.3 Å². The van der Waals surface area contributed by atoms with Crippen LogP contribution in [0.5, 0.6) is 0 Å². The molecule has 0 spiro atoms. The highest BCUT2D eigenvalue weighted by molar-refractivity contribution is 5.92. The predicted molar refractivity (Wildman–Crippen MR) is 99.2 cm³/mol. The lowest BCUT2D eigenvalue weighted by atomic mass is 9.89. The van der Waals surface area contributed by atoms with Gasteiger partial charge >= 0.3 is 0 Å². The number of nitrogens with two attached hydrogens (primary N) is 1. The maximum atomic E-state index is 6.08. The van der Waals surface area contributed by atoms with E-state index >= 15 is 0 Å². The van der Waals surface area contributed by atoms with Crippen molar-refractivity contribution in [1.82, 2.24) is 0 Å². The molecular weight excluding hydrogens is 298 g/mol. The van der Waals surface area contributed by atoms with Gasteiger partial charge in [-0.2, -0.15) is 0 Å². The Kier molecular flexibility index (Phi) is 5.85. The van der Waals surface area contributed by atoms with Gasteiger partial charge < -0.3 is 15.8 Å². The van der Waals surface area contributed by atoms with Crippen LogP contribution in [0, 0.1) is 0 Å². The number of rotatable bonds is 6. The summed E-state index contributed by atoms with van der Waals surface area (Å²) in [5.41, 5.74) is 9.64. The Labute approximate surface area is 143 Å². The molecule has 0 amide bonds. The molecule has 126 valence electrons. The highest BCUT2D eigenvalue weighted by Crippen LogP contribution is 2.32. The van der Waals surface area contributed by atoms with E-state index < -0.39 is 0 Å². The lowest BCUT2D eigenvalue weighted by molar-refractivity contribution is 0.0403. The van der Waals surface area contributed by atoms with Gasteiger partial charge in [0.05, 0.1) is 6.10 Å². The third-order valence-corrected chi connectivity index (χ3v) is 4.26. The number of benzene rings is 2. The molecule has 0 fully saturated rings. The van der Waals surface area contributed by atoms with Crippen LogP contribution in [0.2, 0.25) is 0 Å². The van der Waals surface area contributed by atoms with Crippen molar-refractivity contribution in [3.8, 4) is 0 Å². The number of hydrogen-bond donors (Lipinski definition) is 2. The molecule has 0 aromatic heterocycles. The number of fused-ring (bicyclic) bond motifs is 1. The second-order valence-corrected chi connectivity index (χ2v) is 6.06. The van der Waals surface area contributed by atoms with Crippen molar-refractivity contribution in [3.05, 3.63) is 65.7 Å². The minimum Gasteiger partial charge on any atom is -0.373 e. The number of aryl methyl sites for hydroxylation is 1. The number of anilines is 1. The highest BCUT2D eigenvalue weighted by Gasteiger charge is 2.19. The molecule has 3 N–H and O–H groups in total. The van der Waals surface area contributed by atoms with Gasteiger partial charge in [-0.15, -0.1) is 0 Å². The molecule has 0 bridgehead atoms. The smallest absolute Gasteiger partial charge is 0.193 e. The molecule has 0 radical (unpaired) electrons. The van der Waals surface area contributed by atoms with Gasteiger partial charge in [0.15, 0.2) is 5.96 Å². The maximum absolute atomic E-state index is 6.08. The van der Waals surface area contributed by atoms with E-state index in [-0.39, 0.29) is 6.10 Å². The molecule has 0 saturated carbocycles. The first-order chi connectivity index (χ1) is 11.8. The number of guanidine groups is 1. The summed E-state index contributed by atoms with van der Waals surface area (Å²) in [6.45, 7) is 1.38. The van der Waals surface area contributed by atoms with Crippen molar-refractivity contribution in [3.63, 3.8) is 0 Å². The van der Waals surface area contributed by atoms with Crippen LogP contribution in [0.4, 0.5) is 5.69 Å². The van der Waals surface area contributed by atoms with Crippen molar-refractivity contribution < 1.29 is 4.74 Å². The summed E-state index contributed by atoms with van der Waals surface area (Å²) >= 11 is 0. The summed E-state index contributed by atoms with van der Waals surface area (Å²) in [7, 11) is 0. The summed E-state index contributed by atoms with van der Waals surface area (Å²) < 4.78 is 6.08. The third kappa shape index (κ3) is 4.59. The van der Waals surface area contributed by atoms with Crippen LogP contribution in [0.25, 0.3) is 0 Å². The Bertz CT molecular complexity index is 670. The Morgan fingerprint density at radius 2 is 1.92 bits per heavy atom. The third-order valence-electron chi connectivity index (χ3n) is 4.26. The highest BCUT2D eigenvalue weighted by atomic mass is 16.5. The standard InChI is InChI=1S/C20H25N3O/c21-20(23-17-10-2-1-3-11-17)22-14-7-15-24-19-13-6-9-16-8-4-5-12-18(16)19/h1-5,8,10-12,19H,6-7,9,13-15H2,(H3,21,22,23). The van der Waals surface area contributed by atoms with Crippen molar-refractivity contribution >= 4 is 11.6 Å². The molecule has 24 heavy (non-hydrogen) atoms. The minimum absolute atomic E-state index is 0.235. The lowest BCUT2D eigenvalue weighted by Crippen LogP contribution is -2.23. The lowest BCUT2D eigenvalue weighted by Gasteiger charge is -2.25. The normalized spacial score (nSPS) is 17.3. The second kappa shape index (κ2) is 8.50. The Hall–Kier alpha value is -2.33. The molecule has 0 saturated heterocycles. The van der Waals surface area contributed by atoms with Gasteiger partial charge in [-0.05, 0) is 48.9 Å². The van der Waals surface area contributed by atoms with Gasteiger partial charge in [0.2, 0.25) is 0 Å². The number of aliphatic imine (C=N–C) groups is 1. The molecule has 1 aliphatic carbocycles. The summed E-state index contributed by atoms with van der Waals surface area (Å²) in [4.78, 5) is 4.35. The fourth-order valence-electron chi connectivity index (χ4n) is 3.08. The van der Waals surface area contributed by atoms with Crippen molar-refractivity contribution in [2.24, 2.45) is 10.7 Å². The van der Waals surface area contributed by atoms with Crippen LogP contribution < -0.4 is 11.1 Å². The summed E-state index contributed by atoms with van der Waals surface area (Å²) in [6.07, 6.45) is 4.59. The van der Waals surface area contributed by atoms with Gasteiger partial charge in [0, 0.05) is 18.8 Å².